The van der Waals surface area contributed by atoms with Crippen LogP contribution >= 0.6 is 0 Å². The Hall–Kier alpha value is -2.07. The third kappa shape index (κ3) is 2.15. The van der Waals surface area contributed by atoms with Gasteiger partial charge in [-0.1, -0.05) is 36.4 Å². The van der Waals surface area contributed by atoms with Gasteiger partial charge in [-0.25, -0.2) is 8.42 Å². The predicted molar refractivity (Wildman–Crippen MR) is 76.2 cm³/mol. The van der Waals surface area contributed by atoms with Crippen LogP contribution < -0.4 is 4.90 Å². The zero-order valence-corrected chi connectivity index (χ0v) is 11.0. The molecule has 0 atom stereocenters. The summed E-state index contributed by atoms with van der Waals surface area (Å²) in [5.41, 5.74) is 1.64. The van der Waals surface area contributed by atoms with Crippen molar-refractivity contribution in [2.45, 2.75) is 4.90 Å². The number of sulfone groups is 1. The zero-order chi connectivity index (χ0) is 13.3. The van der Waals surface area contributed by atoms with E-state index in [-0.39, 0.29) is 5.75 Å². The molecule has 1 heterocycles. The number of anilines is 2. The van der Waals surface area contributed by atoms with Gasteiger partial charge < -0.3 is 4.90 Å². The van der Waals surface area contributed by atoms with Crippen LogP contribution in [0.5, 0.6) is 0 Å². The van der Waals surface area contributed by atoms with Crippen molar-refractivity contribution in [2.24, 2.45) is 0 Å². The molecule has 1 aliphatic rings. The standard InChI is InChI=1S/C15H13NO2S/c17-19(18)12-6-11-16(13-7-2-1-3-8-13)14-9-4-5-10-15(14)19/h1-11H,12H2. The van der Waals surface area contributed by atoms with E-state index in [2.05, 4.69) is 0 Å². The fraction of sp³-hybridized carbons (Fsp3) is 0.0667. The predicted octanol–water partition coefficient (Wildman–Crippen LogP) is 3.13. The van der Waals surface area contributed by atoms with Crippen molar-refractivity contribution >= 4 is 21.2 Å². The lowest BCUT2D eigenvalue weighted by Gasteiger charge is -2.21. The number of nitrogens with zero attached hydrogens (tertiary/aromatic N) is 1. The van der Waals surface area contributed by atoms with Crippen LogP contribution in [0.15, 0.2) is 71.8 Å². The van der Waals surface area contributed by atoms with Gasteiger partial charge in [0.2, 0.25) is 0 Å². The quantitative estimate of drug-likeness (QED) is 0.799. The number of rotatable bonds is 1. The zero-order valence-electron chi connectivity index (χ0n) is 10.2. The van der Waals surface area contributed by atoms with Gasteiger partial charge in [-0.15, -0.1) is 0 Å². The third-order valence-corrected chi connectivity index (χ3v) is 4.71. The average molecular weight is 271 g/mol. The first-order chi connectivity index (χ1) is 9.18. The van der Waals surface area contributed by atoms with E-state index < -0.39 is 9.84 Å². The minimum atomic E-state index is -3.25. The maximum atomic E-state index is 12.2. The molecule has 4 heteroatoms. The van der Waals surface area contributed by atoms with Crippen molar-refractivity contribution in [1.82, 2.24) is 0 Å². The first-order valence-corrected chi connectivity index (χ1v) is 7.66. The Kier molecular flexibility index (Phi) is 2.87. The second-order valence-electron chi connectivity index (χ2n) is 4.34. The van der Waals surface area contributed by atoms with Gasteiger partial charge in [0.25, 0.3) is 0 Å². The van der Waals surface area contributed by atoms with Gasteiger partial charge in [0.05, 0.1) is 16.3 Å². The summed E-state index contributed by atoms with van der Waals surface area (Å²) in [5, 5.41) is 0. The van der Waals surface area contributed by atoms with Crippen LogP contribution in [-0.2, 0) is 9.84 Å². The second-order valence-corrected chi connectivity index (χ2v) is 6.34. The molecule has 0 aromatic heterocycles. The van der Waals surface area contributed by atoms with Gasteiger partial charge in [-0.05, 0) is 24.3 Å². The summed E-state index contributed by atoms with van der Waals surface area (Å²) in [7, 11) is -3.25. The first kappa shape index (κ1) is 12.0. The molecule has 0 amide bonds. The summed E-state index contributed by atoms with van der Waals surface area (Å²) in [6.45, 7) is 0. The number of hydrogen-bond acceptors (Lipinski definition) is 3. The topological polar surface area (TPSA) is 37.4 Å². The molecule has 0 fully saturated rings. The summed E-state index contributed by atoms with van der Waals surface area (Å²) in [6, 6.07) is 16.8. The highest BCUT2D eigenvalue weighted by atomic mass is 32.2. The van der Waals surface area contributed by atoms with Crippen molar-refractivity contribution in [2.75, 3.05) is 10.7 Å². The van der Waals surface area contributed by atoms with Crippen LogP contribution in [0.3, 0.4) is 0 Å². The van der Waals surface area contributed by atoms with E-state index in [0.717, 1.165) is 5.69 Å². The molecule has 96 valence electrons. The summed E-state index contributed by atoms with van der Waals surface area (Å²) >= 11 is 0. The lowest BCUT2D eigenvalue weighted by Crippen LogP contribution is -2.10. The summed E-state index contributed by atoms with van der Waals surface area (Å²) < 4.78 is 24.4. The lowest BCUT2D eigenvalue weighted by atomic mass is 10.2. The van der Waals surface area contributed by atoms with Gasteiger partial charge in [0.1, 0.15) is 0 Å². The van der Waals surface area contributed by atoms with E-state index in [4.69, 9.17) is 0 Å². The van der Waals surface area contributed by atoms with E-state index in [1.54, 1.807) is 18.2 Å². The Labute approximate surface area is 112 Å². The molecule has 0 bridgehead atoms. The highest BCUT2D eigenvalue weighted by Crippen LogP contribution is 2.33. The molecule has 1 aliphatic heterocycles. The molecule has 0 radical (unpaired) electrons. The normalized spacial score (nSPS) is 16.7. The summed E-state index contributed by atoms with van der Waals surface area (Å²) in [5.74, 6) is 0.0351. The fourth-order valence-corrected chi connectivity index (χ4v) is 3.47. The Morgan fingerprint density at radius 3 is 2.37 bits per heavy atom. The molecule has 3 nitrogen and oxygen atoms in total. The monoisotopic (exact) mass is 271 g/mol. The maximum absolute atomic E-state index is 12.2. The van der Waals surface area contributed by atoms with Gasteiger partial charge in [-0.2, -0.15) is 0 Å². The van der Waals surface area contributed by atoms with Crippen LogP contribution in [-0.4, -0.2) is 14.2 Å². The number of benzene rings is 2. The van der Waals surface area contributed by atoms with Gasteiger partial charge >= 0.3 is 0 Å². The van der Waals surface area contributed by atoms with E-state index in [0.29, 0.717) is 10.6 Å². The highest BCUT2D eigenvalue weighted by molar-refractivity contribution is 7.91. The molecule has 3 rings (SSSR count). The fourth-order valence-electron chi connectivity index (χ4n) is 2.18. The minimum absolute atomic E-state index is 0.0351. The number of para-hydroxylation sites is 2. The van der Waals surface area contributed by atoms with Gasteiger partial charge in [0.15, 0.2) is 9.84 Å². The molecule has 0 spiro atoms. The molecule has 0 N–H and O–H groups in total. The van der Waals surface area contributed by atoms with E-state index >= 15 is 0 Å². The SMILES string of the molecule is O=S1(=O)CC=CN(c2ccccc2)c2ccccc21. The minimum Gasteiger partial charge on any atom is -0.316 e. The Morgan fingerprint density at radius 2 is 1.58 bits per heavy atom. The Morgan fingerprint density at radius 1 is 0.895 bits per heavy atom. The van der Waals surface area contributed by atoms with E-state index in [9.17, 15) is 8.42 Å². The molecule has 0 aliphatic carbocycles. The smallest absolute Gasteiger partial charge is 0.184 e. The highest BCUT2D eigenvalue weighted by Gasteiger charge is 2.23. The summed E-state index contributed by atoms with van der Waals surface area (Å²) in [6.07, 6.45) is 3.50. The van der Waals surface area contributed by atoms with Crippen LogP contribution in [0.4, 0.5) is 11.4 Å². The van der Waals surface area contributed by atoms with Gasteiger partial charge in [0, 0.05) is 11.9 Å². The van der Waals surface area contributed by atoms with Crippen LogP contribution in [0.25, 0.3) is 0 Å². The van der Waals surface area contributed by atoms with Crippen LogP contribution in [0.2, 0.25) is 0 Å². The third-order valence-electron chi connectivity index (χ3n) is 3.06. The Balaban J connectivity index is 2.23. The molecule has 2 aromatic carbocycles. The van der Waals surface area contributed by atoms with Gasteiger partial charge in [-0.3, -0.25) is 0 Å². The molecule has 19 heavy (non-hydrogen) atoms. The summed E-state index contributed by atoms with van der Waals surface area (Å²) in [4.78, 5) is 2.28. The number of hydrogen-bond donors (Lipinski definition) is 0. The van der Waals surface area contributed by atoms with Crippen molar-refractivity contribution < 1.29 is 8.42 Å². The molecule has 0 unspecified atom stereocenters. The average Bonchev–Trinajstić information content (AvgIpc) is 2.57. The first-order valence-electron chi connectivity index (χ1n) is 6.01. The molecule has 0 saturated heterocycles. The maximum Gasteiger partial charge on any atom is 0.184 e. The molecular weight excluding hydrogens is 258 g/mol. The molecule has 0 saturated carbocycles. The van der Waals surface area contributed by atoms with Crippen molar-refractivity contribution in [3.63, 3.8) is 0 Å². The Bertz CT molecular complexity index is 721. The van der Waals surface area contributed by atoms with Crippen molar-refractivity contribution in [3.05, 3.63) is 66.9 Å². The van der Waals surface area contributed by atoms with E-state index in [1.807, 2.05) is 53.6 Å². The lowest BCUT2D eigenvalue weighted by molar-refractivity contribution is 0.599. The van der Waals surface area contributed by atoms with Crippen LogP contribution in [0.1, 0.15) is 0 Å². The second kappa shape index (κ2) is 4.55. The molecular formula is C15H13NO2S. The van der Waals surface area contributed by atoms with Crippen LogP contribution in [0, 0.1) is 0 Å². The van der Waals surface area contributed by atoms with E-state index in [1.165, 1.54) is 0 Å². The largest absolute Gasteiger partial charge is 0.316 e. The van der Waals surface area contributed by atoms with Crippen molar-refractivity contribution in [1.29, 1.82) is 0 Å². The number of fused-ring (bicyclic) bond motifs is 1. The molecule has 2 aromatic rings. The van der Waals surface area contributed by atoms with Crippen molar-refractivity contribution in [3.8, 4) is 0 Å².